The number of ketones is 1. The van der Waals surface area contributed by atoms with Gasteiger partial charge in [0.25, 0.3) is 11.1 Å². The third kappa shape index (κ3) is 4.37. The molecule has 0 atom stereocenters. The van der Waals surface area contributed by atoms with Gasteiger partial charge >= 0.3 is 0 Å². The Balaban J connectivity index is 1.50. The maximum Gasteiger partial charge on any atom is 0.293 e. The van der Waals surface area contributed by atoms with E-state index in [1.807, 2.05) is 0 Å². The largest absolute Gasteiger partial charge is 0.378 e. The number of Topliss-reactive ketones (excluding diaryl/α,β-unsaturated/α-hetero) is 1. The van der Waals surface area contributed by atoms with Crippen LogP contribution in [0.5, 0.6) is 0 Å². The van der Waals surface area contributed by atoms with E-state index in [1.54, 1.807) is 36.4 Å². The second kappa shape index (κ2) is 8.66. The van der Waals surface area contributed by atoms with Gasteiger partial charge in [-0.2, -0.15) is 0 Å². The molecule has 2 aliphatic rings. The van der Waals surface area contributed by atoms with E-state index in [0.717, 1.165) is 34.9 Å². The lowest BCUT2D eigenvalue weighted by Crippen LogP contribution is -2.36. The Morgan fingerprint density at radius 2 is 1.93 bits per heavy atom. The number of imide groups is 1. The molecule has 2 saturated heterocycles. The molecule has 1 aromatic carbocycles. The van der Waals surface area contributed by atoms with E-state index in [4.69, 9.17) is 16.3 Å². The molecule has 150 valence electrons. The number of carbonyl (C=O) groups is 3. The van der Waals surface area contributed by atoms with Crippen molar-refractivity contribution >= 4 is 62.8 Å². The summed E-state index contributed by atoms with van der Waals surface area (Å²) in [5.74, 6) is -0.791. The second-order valence-electron chi connectivity index (χ2n) is 6.31. The molecule has 2 amide bonds. The number of hydrogen-bond acceptors (Lipinski definition) is 8. The van der Waals surface area contributed by atoms with E-state index >= 15 is 0 Å². The topological polar surface area (TPSA) is 79.8 Å². The van der Waals surface area contributed by atoms with Gasteiger partial charge < -0.3 is 9.64 Å². The van der Waals surface area contributed by atoms with Crippen LogP contribution in [0.4, 0.5) is 9.93 Å². The summed E-state index contributed by atoms with van der Waals surface area (Å²) < 4.78 is 5.34. The minimum absolute atomic E-state index is 0.231. The summed E-state index contributed by atoms with van der Waals surface area (Å²) in [4.78, 5) is 45.6. The Bertz CT molecular complexity index is 987. The lowest BCUT2D eigenvalue weighted by atomic mass is 10.1. The van der Waals surface area contributed by atoms with Crippen LogP contribution in [0.1, 0.15) is 15.2 Å². The van der Waals surface area contributed by atoms with Crippen LogP contribution in [-0.2, 0) is 9.53 Å². The van der Waals surface area contributed by atoms with Crippen LogP contribution in [0.15, 0.2) is 35.2 Å². The number of anilines is 1. The Hall–Kier alpha value is -2.20. The van der Waals surface area contributed by atoms with E-state index < -0.39 is 11.1 Å². The number of hydrogen-bond donors (Lipinski definition) is 0. The van der Waals surface area contributed by atoms with Crippen LogP contribution in [0, 0.1) is 0 Å². The van der Waals surface area contributed by atoms with E-state index in [9.17, 15) is 14.4 Å². The average Bonchev–Trinajstić information content (AvgIpc) is 3.24. The van der Waals surface area contributed by atoms with E-state index in [-0.39, 0.29) is 22.4 Å². The smallest absolute Gasteiger partial charge is 0.293 e. The minimum Gasteiger partial charge on any atom is -0.378 e. The number of amides is 2. The van der Waals surface area contributed by atoms with E-state index in [1.165, 1.54) is 11.3 Å². The lowest BCUT2D eigenvalue weighted by molar-refractivity contribution is -0.122. The van der Waals surface area contributed by atoms with Crippen molar-refractivity contribution < 1.29 is 19.1 Å². The van der Waals surface area contributed by atoms with Crippen molar-refractivity contribution in [2.24, 2.45) is 0 Å². The van der Waals surface area contributed by atoms with Crippen molar-refractivity contribution in [1.82, 2.24) is 9.88 Å². The van der Waals surface area contributed by atoms with Gasteiger partial charge in [-0.15, -0.1) is 0 Å². The molecule has 2 aromatic rings. The summed E-state index contributed by atoms with van der Waals surface area (Å²) in [7, 11) is 0. The molecule has 0 radical (unpaired) electrons. The van der Waals surface area contributed by atoms with Gasteiger partial charge in [0.05, 0.1) is 29.5 Å². The minimum atomic E-state index is -0.498. The SMILES string of the molecule is O=C(CN1C(=O)S/C(=C\c2sc(N3CCOCC3)nc2Cl)C1=O)c1ccccc1. The molecule has 7 nitrogen and oxygen atoms in total. The van der Waals surface area contributed by atoms with Crippen molar-refractivity contribution in [2.45, 2.75) is 0 Å². The Kier molecular flexibility index (Phi) is 6.00. The highest BCUT2D eigenvalue weighted by Crippen LogP contribution is 2.37. The molecule has 1 aromatic heterocycles. The van der Waals surface area contributed by atoms with Crippen molar-refractivity contribution in [3.05, 3.63) is 50.8 Å². The molecular weight excluding hydrogens is 434 g/mol. The number of thioether (sulfide) groups is 1. The number of carbonyl (C=O) groups excluding carboxylic acids is 3. The van der Waals surface area contributed by atoms with Crippen LogP contribution < -0.4 is 4.90 Å². The van der Waals surface area contributed by atoms with Gasteiger partial charge in [0.2, 0.25) is 0 Å². The summed E-state index contributed by atoms with van der Waals surface area (Å²) in [5, 5.41) is 0.561. The number of thiazole rings is 1. The van der Waals surface area contributed by atoms with Gasteiger partial charge in [0.15, 0.2) is 10.9 Å². The van der Waals surface area contributed by atoms with Crippen LogP contribution >= 0.6 is 34.7 Å². The van der Waals surface area contributed by atoms with Crippen molar-refractivity contribution in [1.29, 1.82) is 0 Å². The molecule has 0 N–H and O–H groups in total. The lowest BCUT2D eigenvalue weighted by Gasteiger charge is -2.25. The summed E-state index contributed by atoms with van der Waals surface area (Å²) in [6, 6.07) is 8.57. The summed E-state index contributed by atoms with van der Waals surface area (Å²) in [6.07, 6.45) is 1.57. The molecule has 0 bridgehead atoms. The van der Waals surface area contributed by atoms with Crippen molar-refractivity contribution in [3.63, 3.8) is 0 Å². The molecule has 3 heterocycles. The van der Waals surface area contributed by atoms with E-state index in [0.29, 0.717) is 23.7 Å². The Morgan fingerprint density at radius 3 is 2.66 bits per heavy atom. The van der Waals surface area contributed by atoms with Gasteiger partial charge in [-0.1, -0.05) is 53.3 Å². The first-order chi connectivity index (χ1) is 14.0. The Morgan fingerprint density at radius 1 is 1.21 bits per heavy atom. The highest BCUT2D eigenvalue weighted by Gasteiger charge is 2.36. The van der Waals surface area contributed by atoms with Gasteiger partial charge in [-0.05, 0) is 17.8 Å². The van der Waals surface area contributed by atoms with E-state index in [2.05, 4.69) is 9.88 Å². The second-order valence-corrected chi connectivity index (χ2v) is 8.67. The number of morpholine rings is 1. The zero-order valence-corrected chi connectivity index (χ0v) is 17.6. The third-order valence-corrected chi connectivity index (χ3v) is 6.78. The average molecular weight is 450 g/mol. The van der Waals surface area contributed by atoms with Crippen LogP contribution in [0.3, 0.4) is 0 Å². The fourth-order valence-corrected chi connectivity index (χ4v) is 5.04. The quantitative estimate of drug-likeness (QED) is 0.510. The van der Waals surface area contributed by atoms with Gasteiger partial charge in [0, 0.05) is 18.7 Å². The fraction of sp³-hybridized carbons (Fsp3) is 0.263. The third-order valence-electron chi connectivity index (χ3n) is 4.41. The van der Waals surface area contributed by atoms with Crippen LogP contribution in [0.25, 0.3) is 6.08 Å². The standard InChI is InChI=1S/C19H16ClN3O4S2/c20-16-14(28-18(21-16)22-6-8-27-9-7-22)10-15-17(25)23(19(26)29-15)11-13(24)12-4-2-1-3-5-12/h1-5,10H,6-9,11H2/b15-10-. The number of aromatic nitrogens is 1. The first kappa shape index (κ1) is 20.1. The summed E-state index contributed by atoms with van der Waals surface area (Å²) in [6.45, 7) is 2.41. The number of halogens is 1. The predicted octanol–water partition coefficient (Wildman–Crippen LogP) is 3.55. The maximum absolute atomic E-state index is 12.7. The number of ether oxygens (including phenoxy) is 1. The zero-order chi connectivity index (χ0) is 20.4. The molecule has 29 heavy (non-hydrogen) atoms. The molecule has 2 fully saturated rings. The highest BCUT2D eigenvalue weighted by molar-refractivity contribution is 8.18. The van der Waals surface area contributed by atoms with Crippen LogP contribution in [-0.4, -0.2) is 59.7 Å². The van der Waals surface area contributed by atoms with Gasteiger partial charge in [-0.25, -0.2) is 4.98 Å². The maximum atomic E-state index is 12.7. The van der Waals surface area contributed by atoms with Crippen molar-refractivity contribution in [2.75, 3.05) is 37.7 Å². The van der Waals surface area contributed by atoms with Crippen molar-refractivity contribution in [3.8, 4) is 0 Å². The molecular formula is C19H16ClN3O4S2. The first-order valence-corrected chi connectivity index (χ1v) is 10.9. The van der Waals surface area contributed by atoms with Gasteiger partial charge in [-0.3, -0.25) is 19.3 Å². The molecule has 0 unspecified atom stereocenters. The molecule has 4 rings (SSSR count). The monoisotopic (exact) mass is 449 g/mol. The van der Waals surface area contributed by atoms with Crippen LogP contribution in [0.2, 0.25) is 5.15 Å². The first-order valence-electron chi connectivity index (χ1n) is 8.85. The summed E-state index contributed by atoms with van der Waals surface area (Å²) in [5.41, 5.74) is 0.455. The summed E-state index contributed by atoms with van der Waals surface area (Å²) >= 11 is 8.41. The zero-order valence-electron chi connectivity index (χ0n) is 15.2. The Labute approximate surface area is 180 Å². The highest BCUT2D eigenvalue weighted by atomic mass is 35.5. The molecule has 10 heteroatoms. The number of benzene rings is 1. The normalized spacial score (nSPS) is 18.7. The predicted molar refractivity (Wildman–Crippen MR) is 114 cm³/mol. The molecule has 0 aliphatic carbocycles. The number of rotatable bonds is 5. The molecule has 0 saturated carbocycles. The van der Waals surface area contributed by atoms with Gasteiger partial charge in [0.1, 0.15) is 5.15 Å². The number of nitrogens with zero attached hydrogens (tertiary/aromatic N) is 3. The molecule has 0 spiro atoms. The molecule has 2 aliphatic heterocycles. The fourth-order valence-electron chi connectivity index (χ4n) is 2.90.